The van der Waals surface area contributed by atoms with Crippen LogP contribution in [-0.2, 0) is 48.6 Å². The van der Waals surface area contributed by atoms with Gasteiger partial charge in [0.05, 0.1) is 11.7 Å². The second kappa shape index (κ2) is 21.0. The van der Waals surface area contributed by atoms with Gasteiger partial charge in [0.1, 0.15) is 26.0 Å². The Morgan fingerprint density at radius 1 is 0.842 bits per heavy atom. The van der Waals surface area contributed by atoms with Crippen molar-refractivity contribution in [3.8, 4) is 0 Å². The minimum Gasteiger partial charge on any atom is -0.480 e. The van der Waals surface area contributed by atoms with Gasteiger partial charge in [-0.15, -0.1) is 0 Å². The second-order valence-electron chi connectivity index (χ2n) is 14.3. The number of unbranched alkanes of at least 4 members (excludes halogenated alkanes) is 1. The highest BCUT2D eigenvalue weighted by molar-refractivity contribution is 7.88. The van der Waals surface area contributed by atoms with Gasteiger partial charge >= 0.3 is 12.1 Å². The van der Waals surface area contributed by atoms with Crippen LogP contribution in [0.2, 0.25) is 0 Å². The maximum Gasteiger partial charge on any atom is 0.407 e. The number of hydrogen-bond acceptors (Lipinski definition) is 9. The average Bonchev–Trinajstić information content (AvgIpc) is 3.57. The lowest BCUT2D eigenvalue weighted by molar-refractivity contribution is -0.142. The summed E-state index contributed by atoms with van der Waals surface area (Å²) in [5, 5.41) is 18.7. The van der Waals surface area contributed by atoms with E-state index >= 15 is 0 Å². The Balaban J connectivity index is 1.49. The zero-order chi connectivity index (χ0) is 41.6. The van der Waals surface area contributed by atoms with Crippen molar-refractivity contribution < 1.29 is 47.2 Å². The predicted octanol–water partition coefficient (Wildman–Crippen LogP) is 3.89. The second-order valence-corrected chi connectivity index (χ2v) is 18.4. The topological polar surface area (TPSA) is 236 Å². The first-order valence-electron chi connectivity index (χ1n) is 18.6. The molecule has 17 heteroatoms. The number of fused-ring (bicyclic) bond motifs is 1. The number of carboxylic acid groups (broad SMARTS) is 1. The Bertz CT molecular complexity index is 2140. The number of aliphatic carboxylic acids is 1. The molecule has 0 radical (unpaired) electrons. The number of para-hydroxylation sites is 1. The Kier molecular flexibility index (Phi) is 16.4. The quantitative estimate of drug-likeness (QED) is 0.0446. The van der Waals surface area contributed by atoms with E-state index in [1.807, 2.05) is 54.6 Å². The Hall–Kier alpha value is -4.99. The molecule has 15 nitrogen and oxygen atoms in total. The van der Waals surface area contributed by atoms with Crippen LogP contribution in [0.3, 0.4) is 0 Å². The maximum atomic E-state index is 13.8. The van der Waals surface area contributed by atoms with E-state index < -0.39 is 71.3 Å². The minimum atomic E-state index is -4.33. The molecule has 57 heavy (non-hydrogen) atoms. The molecule has 0 saturated carbocycles. The van der Waals surface area contributed by atoms with Crippen molar-refractivity contribution in [3.05, 3.63) is 108 Å². The zero-order valence-electron chi connectivity index (χ0n) is 32.2. The number of carboxylic acids is 1. The molecular weight excluding hydrogens is 774 g/mol. The minimum absolute atomic E-state index is 0.00456. The number of nitrogens with one attached hydrogen (secondary N) is 5. The van der Waals surface area contributed by atoms with E-state index in [-0.39, 0.29) is 37.8 Å². The lowest BCUT2D eigenvalue weighted by Gasteiger charge is -2.28. The van der Waals surface area contributed by atoms with E-state index in [0.717, 1.165) is 22.7 Å². The van der Waals surface area contributed by atoms with Crippen molar-refractivity contribution in [1.29, 1.82) is 0 Å². The summed E-state index contributed by atoms with van der Waals surface area (Å²) >= 11 is 0. The smallest absolute Gasteiger partial charge is 0.407 e. The molecule has 1 heterocycles. The van der Waals surface area contributed by atoms with Crippen molar-refractivity contribution in [2.45, 2.75) is 64.6 Å². The number of benzene rings is 3. The molecule has 3 amide bonds. The van der Waals surface area contributed by atoms with Gasteiger partial charge in [-0.3, -0.25) is 9.59 Å². The number of amides is 3. The molecule has 0 aliphatic carbocycles. The van der Waals surface area contributed by atoms with Crippen molar-refractivity contribution >= 4 is 57.6 Å². The third-order valence-electron chi connectivity index (χ3n) is 9.29. The van der Waals surface area contributed by atoms with Gasteiger partial charge in [0.25, 0.3) is 0 Å². The summed E-state index contributed by atoms with van der Waals surface area (Å²) in [4.78, 5) is 78.7. The fourth-order valence-corrected chi connectivity index (χ4v) is 9.02. The van der Waals surface area contributed by atoms with Crippen LogP contribution < -0.4 is 20.7 Å². The summed E-state index contributed by atoms with van der Waals surface area (Å²) in [6.07, 6.45) is 1.94. The molecule has 4 rings (SSSR count). The predicted molar refractivity (Wildman–Crippen MR) is 220 cm³/mol. The van der Waals surface area contributed by atoms with Gasteiger partial charge in [-0.2, -0.15) is 0 Å². The van der Waals surface area contributed by atoms with Crippen LogP contribution in [0, 0.1) is 11.8 Å². The van der Waals surface area contributed by atoms with E-state index in [2.05, 4.69) is 25.7 Å². The van der Waals surface area contributed by atoms with E-state index in [1.165, 1.54) is 0 Å². The number of H-pyrrole nitrogens is 1. The summed E-state index contributed by atoms with van der Waals surface area (Å²) in [5.74, 6) is -4.38. The van der Waals surface area contributed by atoms with Gasteiger partial charge in [-0.1, -0.05) is 92.7 Å². The third kappa shape index (κ3) is 14.5. The van der Waals surface area contributed by atoms with Crippen LogP contribution in [0.25, 0.3) is 10.9 Å². The van der Waals surface area contributed by atoms with Crippen molar-refractivity contribution in [3.63, 3.8) is 0 Å². The monoisotopic (exact) mass is 825 g/mol. The van der Waals surface area contributed by atoms with E-state index in [1.54, 1.807) is 50.4 Å². The Morgan fingerprint density at radius 2 is 1.47 bits per heavy atom. The normalized spacial score (nSPS) is 13.4. The van der Waals surface area contributed by atoms with Gasteiger partial charge in [-0.05, 0) is 47.9 Å². The molecule has 0 aliphatic heterocycles. The maximum absolute atomic E-state index is 13.8. The molecule has 1 aromatic heterocycles. The van der Waals surface area contributed by atoms with E-state index in [4.69, 9.17) is 4.74 Å². The lowest BCUT2D eigenvalue weighted by Crippen LogP contribution is -2.49. The van der Waals surface area contributed by atoms with Gasteiger partial charge < -0.3 is 40.6 Å². The molecule has 4 aromatic rings. The van der Waals surface area contributed by atoms with E-state index in [0.29, 0.717) is 24.0 Å². The fraction of sp³-hybridized carbons (Fsp3) is 0.375. The number of aromatic amines is 1. The number of hydrogen-bond donors (Lipinski definition) is 8. The highest BCUT2D eigenvalue weighted by Gasteiger charge is 2.34. The summed E-state index contributed by atoms with van der Waals surface area (Å²) in [5.41, 5.74) is 2.72. The Labute approximate surface area is 332 Å². The molecule has 308 valence electrons. The number of rotatable bonds is 21. The van der Waals surface area contributed by atoms with Crippen LogP contribution in [0.15, 0.2) is 91.1 Å². The number of alkyl carbamates (subject to hydrolysis) is 1. The number of carbonyl (C=O) groups excluding carboxylic acids is 3. The molecule has 0 aliphatic rings. The van der Waals surface area contributed by atoms with Gasteiger partial charge in [-0.25, -0.2) is 22.7 Å². The highest BCUT2D eigenvalue weighted by atomic mass is 32.2. The molecule has 0 spiro atoms. The van der Waals surface area contributed by atoms with Crippen LogP contribution in [0.4, 0.5) is 4.79 Å². The summed E-state index contributed by atoms with van der Waals surface area (Å²) in [6.45, 7) is 3.67. The average molecular weight is 826 g/mol. The summed E-state index contributed by atoms with van der Waals surface area (Å²) in [7, 11) is -8.24. The Morgan fingerprint density at radius 3 is 2.11 bits per heavy atom. The highest BCUT2D eigenvalue weighted by Crippen LogP contribution is 2.43. The van der Waals surface area contributed by atoms with E-state index in [9.17, 15) is 42.5 Å². The first kappa shape index (κ1) is 44.7. The first-order chi connectivity index (χ1) is 27.0. The standard InChI is InChI=1S/C40H52N5O10PS/c1-27(2)32(37(46)43-35(39(48)49)23-30-24-42-33-19-11-10-18-31(30)33)26-56(51,52)36(22-28-14-6-4-7-15-28)44-38(47)34(45-57(3,53)54)20-12-13-21-41-40(50)55-25-29-16-8-5-9-17-29/h4-11,14-19,24,27,32,34-35,42,45,51-52H,12-13,20-23,25-26H2,1-3H3,(H,41,50)(H,43,46)(H,44,47)(H,48,49)/t32?,34-,35-/m0/s1. The number of aromatic nitrogens is 1. The first-order valence-corrected chi connectivity index (χ1v) is 22.3. The summed E-state index contributed by atoms with van der Waals surface area (Å²) in [6, 6.07) is 22.5. The molecule has 3 aromatic carbocycles. The van der Waals surface area contributed by atoms with Crippen LogP contribution in [0.5, 0.6) is 0 Å². The van der Waals surface area contributed by atoms with Crippen LogP contribution >= 0.6 is 7.34 Å². The number of carbonyl (C=O) groups is 4. The van der Waals surface area contributed by atoms with Crippen molar-refractivity contribution in [2.24, 2.45) is 11.8 Å². The molecule has 3 atom stereocenters. The molecule has 0 saturated heterocycles. The van der Waals surface area contributed by atoms with Gasteiger partial charge in [0, 0.05) is 48.6 Å². The van der Waals surface area contributed by atoms with Crippen molar-refractivity contribution in [1.82, 2.24) is 25.7 Å². The molecule has 8 N–H and O–H groups in total. The van der Waals surface area contributed by atoms with Gasteiger partial charge in [0.2, 0.25) is 21.8 Å². The molecule has 0 bridgehead atoms. The molecule has 1 unspecified atom stereocenters. The lowest BCUT2D eigenvalue weighted by atomic mass is 9.96. The SMILES string of the molecule is CC(C)C(CP(O)(O)=C(Cc1ccccc1)NC(=O)[C@H](CCCCNC(=O)OCc1ccccc1)NS(C)(=O)=O)C(=O)N[C@@H](Cc1c[nH]c2ccccc12)C(=O)O. The zero-order valence-corrected chi connectivity index (χ0v) is 33.9. The molecule has 0 fully saturated rings. The molecular formula is C40H52N5O10PS. The van der Waals surface area contributed by atoms with Gasteiger partial charge in [0.15, 0.2) is 0 Å². The van der Waals surface area contributed by atoms with Crippen LogP contribution in [-0.4, -0.2) is 88.6 Å². The van der Waals surface area contributed by atoms with Crippen molar-refractivity contribution in [2.75, 3.05) is 19.0 Å². The number of ether oxygens (including phenoxy) is 1. The summed E-state index contributed by atoms with van der Waals surface area (Å²) < 4.78 is 32.2. The van der Waals surface area contributed by atoms with Crippen LogP contribution in [0.1, 0.15) is 49.8 Å². The number of sulfonamides is 1. The largest absolute Gasteiger partial charge is 0.480 e. The fourth-order valence-electron chi connectivity index (χ4n) is 6.20. The third-order valence-corrected chi connectivity index (χ3v) is 12.0.